The summed E-state index contributed by atoms with van der Waals surface area (Å²) in [5.74, 6) is 0.777. The molecule has 1 heterocycles. The van der Waals surface area contributed by atoms with Gasteiger partial charge in [-0.3, -0.25) is 4.79 Å². The average molecular weight is 280 g/mol. The first kappa shape index (κ1) is 14.4. The molecule has 106 valence electrons. The standard InChI is InChI=1S/C15H24N2OS/c1-4-9-17(6-3)15-12(10-7-8-10)13(16)14(19-15)11(18)5-2/h10H,4-9,16H2,1-3H3. The van der Waals surface area contributed by atoms with Gasteiger partial charge in [0.2, 0.25) is 0 Å². The van der Waals surface area contributed by atoms with Crippen LogP contribution in [0, 0.1) is 0 Å². The van der Waals surface area contributed by atoms with E-state index in [1.807, 2.05) is 6.92 Å². The first-order valence-corrected chi connectivity index (χ1v) is 8.15. The minimum atomic E-state index is 0.184. The highest BCUT2D eigenvalue weighted by molar-refractivity contribution is 7.19. The third-order valence-corrected chi connectivity index (χ3v) is 5.01. The van der Waals surface area contributed by atoms with E-state index in [0.717, 1.165) is 30.1 Å². The molecule has 0 radical (unpaired) electrons. The number of thiophene rings is 1. The molecular weight excluding hydrogens is 256 g/mol. The summed E-state index contributed by atoms with van der Waals surface area (Å²) in [6.07, 6.45) is 4.09. The monoisotopic (exact) mass is 280 g/mol. The number of nitrogens with zero attached hydrogens (tertiary/aromatic N) is 1. The predicted molar refractivity (Wildman–Crippen MR) is 83.5 cm³/mol. The number of hydrogen-bond donors (Lipinski definition) is 1. The van der Waals surface area contributed by atoms with E-state index in [-0.39, 0.29) is 5.78 Å². The third-order valence-electron chi connectivity index (χ3n) is 3.69. The summed E-state index contributed by atoms with van der Waals surface area (Å²) in [6, 6.07) is 0. The highest BCUT2D eigenvalue weighted by Crippen LogP contribution is 2.52. The highest BCUT2D eigenvalue weighted by Gasteiger charge is 2.33. The second-order valence-electron chi connectivity index (χ2n) is 5.19. The van der Waals surface area contributed by atoms with E-state index in [2.05, 4.69) is 18.7 Å². The van der Waals surface area contributed by atoms with Crippen LogP contribution in [-0.2, 0) is 0 Å². The molecule has 19 heavy (non-hydrogen) atoms. The molecule has 1 aromatic rings. The van der Waals surface area contributed by atoms with Gasteiger partial charge in [-0.1, -0.05) is 13.8 Å². The SMILES string of the molecule is CCCN(CC)c1sc(C(=O)CC)c(N)c1C1CC1. The van der Waals surface area contributed by atoms with Crippen molar-refractivity contribution in [3.05, 3.63) is 10.4 Å². The summed E-state index contributed by atoms with van der Waals surface area (Å²) < 4.78 is 0. The number of ketones is 1. The van der Waals surface area contributed by atoms with Crippen LogP contribution in [0.1, 0.15) is 67.6 Å². The van der Waals surface area contributed by atoms with Crippen LogP contribution in [0.3, 0.4) is 0 Å². The molecule has 0 bridgehead atoms. The molecule has 0 atom stereocenters. The van der Waals surface area contributed by atoms with Gasteiger partial charge < -0.3 is 10.6 Å². The van der Waals surface area contributed by atoms with Crippen molar-refractivity contribution in [3.63, 3.8) is 0 Å². The fourth-order valence-corrected chi connectivity index (χ4v) is 3.89. The molecule has 0 unspecified atom stereocenters. The predicted octanol–water partition coefficient (Wildman–Crippen LogP) is 4.04. The maximum absolute atomic E-state index is 12.0. The van der Waals surface area contributed by atoms with E-state index in [9.17, 15) is 4.79 Å². The third kappa shape index (κ3) is 2.78. The summed E-state index contributed by atoms with van der Waals surface area (Å²) in [4.78, 5) is 15.2. The van der Waals surface area contributed by atoms with E-state index < -0.39 is 0 Å². The molecule has 0 aliphatic heterocycles. The zero-order valence-electron chi connectivity index (χ0n) is 12.2. The van der Waals surface area contributed by atoms with E-state index in [1.165, 1.54) is 23.4 Å². The normalized spacial score (nSPS) is 14.7. The maximum atomic E-state index is 12.0. The van der Waals surface area contributed by atoms with E-state index in [4.69, 9.17) is 5.73 Å². The first-order chi connectivity index (χ1) is 9.13. The number of anilines is 2. The summed E-state index contributed by atoms with van der Waals surface area (Å²) >= 11 is 1.61. The van der Waals surface area contributed by atoms with Crippen molar-refractivity contribution in [2.24, 2.45) is 0 Å². The molecule has 2 N–H and O–H groups in total. The number of carbonyl (C=O) groups excluding carboxylic acids is 1. The Hall–Kier alpha value is -1.03. The number of carbonyl (C=O) groups is 1. The topological polar surface area (TPSA) is 46.3 Å². The number of nitrogen functional groups attached to an aromatic ring is 1. The van der Waals surface area contributed by atoms with Gasteiger partial charge in [-0.25, -0.2) is 0 Å². The van der Waals surface area contributed by atoms with Crippen molar-refractivity contribution >= 4 is 27.8 Å². The molecule has 4 heteroatoms. The maximum Gasteiger partial charge on any atom is 0.174 e. The number of Topliss-reactive ketones (excluding diaryl/α,β-unsaturated/α-hetero) is 1. The zero-order valence-corrected chi connectivity index (χ0v) is 13.0. The van der Waals surface area contributed by atoms with Crippen LogP contribution in [0.4, 0.5) is 10.7 Å². The second-order valence-corrected chi connectivity index (χ2v) is 6.19. The lowest BCUT2D eigenvalue weighted by Gasteiger charge is -2.22. The Morgan fingerprint density at radius 1 is 1.37 bits per heavy atom. The zero-order chi connectivity index (χ0) is 14.0. The summed E-state index contributed by atoms with van der Waals surface area (Å²) in [5, 5.41) is 1.25. The van der Waals surface area contributed by atoms with Gasteiger partial charge in [0.05, 0.1) is 15.6 Å². The van der Waals surface area contributed by atoms with Crippen LogP contribution in [-0.4, -0.2) is 18.9 Å². The number of nitrogens with two attached hydrogens (primary N) is 1. The van der Waals surface area contributed by atoms with Gasteiger partial charge in [-0.15, -0.1) is 11.3 Å². The fourth-order valence-electron chi connectivity index (χ4n) is 2.49. The van der Waals surface area contributed by atoms with E-state index >= 15 is 0 Å². The Kier molecular flexibility index (Phi) is 4.50. The lowest BCUT2D eigenvalue weighted by molar-refractivity contribution is 0.0993. The van der Waals surface area contributed by atoms with Crippen molar-refractivity contribution in [2.75, 3.05) is 23.7 Å². The van der Waals surface area contributed by atoms with Crippen LogP contribution in [0.2, 0.25) is 0 Å². The van der Waals surface area contributed by atoms with E-state index in [0.29, 0.717) is 12.3 Å². The Bertz CT molecular complexity index is 463. The molecule has 2 rings (SSSR count). The van der Waals surface area contributed by atoms with Gasteiger partial charge in [0.25, 0.3) is 0 Å². The highest BCUT2D eigenvalue weighted by atomic mass is 32.1. The largest absolute Gasteiger partial charge is 0.397 e. The summed E-state index contributed by atoms with van der Waals surface area (Å²) in [7, 11) is 0. The van der Waals surface area contributed by atoms with Crippen molar-refractivity contribution in [1.82, 2.24) is 0 Å². The summed E-state index contributed by atoms with van der Waals surface area (Å²) in [5.41, 5.74) is 8.30. The first-order valence-electron chi connectivity index (χ1n) is 7.34. The van der Waals surface area contributed by atoms with Crippen LogP contribution in [0.25, 0.3) is 0 Å². The molecule has 0 aromatic carbocycles. The van der Waals surface area contributed by atoms with Gasteiger partial charge in [-0.05, 0) is 32.1 Å². The quantitative estimate of drug-likeness (QED) is 0.767. The molecule has 0 saturated heterocycles. The molecular formula is C15H24N2OS. The van der Waals surface area contributed by atoms with Crippen molar-refractivity contribution in [1.29, 1.82) is 0 Å². The lowest BCUT2D eigenvalue weighted by Crippen LogP contribution is -2.23. The molecule has 1 aliphatic carbocycles. The Morgan fingerprint density at radius 2 is 2.05 bits per heavy atom. The molecule has 1 aromatic heterocycles. The van der Waals surface area contributed by atoms with Gasteiger partial charge in [0.1, 0.15) is 0 Å². The van der Waals surface area contributed by atoms with Crippen LogP contribution < -0.4 is 10.6 Å². The molecule has 1 fully saturated rings. The van der Waals surface area contributed by atoms with Gasteiger partial charge >= 0.3 is 0 Å². The van der Waals surface area contributed by atoms with Gasteiger partial charge in [-0.2, -0.15) is 0 Å². The average Bonchev–Trinajstić information content (AvgIpc) is 3.19. The lowest BCUT2D eigenvalue weighted by atomic mass is 10.1. The fraction of sp³-hybridized carbons (Fsp3) is 0.667. The molecule has 1 aliphatic rings. The van der Waals surface area contributed by atoms with Crippen molar-refractivity contribution in [3.8, 4) is 0 Å². The van der Waals surface area contributed by atoms with Crippen LogP contribution in [0.15, 0.2) is 0 Å². The number of hydrogen-bond acceptors (Lipinski definition) is 4. The Morgan fingerprint density at radius 3 is 2.53 bits per heavy atom. The van der Waals surface area contributed by atoms with Gasteiger partial charge in [0, 0.05) is 25.1 Å². The van der Waals surface area contributed by atoms with E-state index in [1.54, 1.807) is 11.3 Å². The second kappa shape index (κ2) is 5.95. The Labute approximate surface area is 119 Å². The molecule has 1 saturated carbocycles. The minimum absolute atomic E-state index is 0.184. The van der Waals surface area contributed by atoms with Crippen molar-refractivity contribution < 1.29 is 4.79 Å². The Balaban J connectivity index is 2.43. The smallest absolute Gasteiger partial charge is 0.174 e. The van der Waals surface area contributed by atoms with Crippen LogP contribution >= 0.6 is 11.3 Å². The van der Waals surface area contributed by atoms with Crippen LogP contribution in [0.5, 0.6) is 0 Å². The molecule has 3 nitrogen and oxygen atoms in total. The van der Waals surface area contributed by atoms with Gasteiger partial charge in [0.15, 0.2) is 5.78 Å². The van der Waals surface area contributed by atoms with Crippen molar-refractivity contribution in [2.45, 2.75) is 52.4 Å². The molecule has 0 amide bonds. The minimum Gasteiger partial charge on any atom is -0.397 e. The molecule has 0 spiro atoms. The number of rotatable bonds is 7. The summed E-state index contributed by atoms with van der Waals surface area (Å²) in [6.45, 7) is 8.28.